The average Bonchev–Trinajstić information content (AvgIpc) is 3.36. The van der Waals surface area contributed by atoms with Crippen LogP contribution in [0, 0.1) is 6.92 Å². The van der Waals surface area contributed by atoms with E-state index in [2.05, 4.69) is 85.3 Å². The zero-order valence-electron chi connectivity index (χ0n) is 18.1. The summed E-state index contributed by atoms with van der Waals surface area (Å²) < 4.78 is 8.57. The van der Waals surface area contributed by atoms with Gasteiger partial charge in [0.05, 0.1) is 17.6 Å². The number of benzene rings is 2. The number of para-hydroxylation sites is 2. The Kier molecular flexibility index (Phi) is 6.53. The summed E-state index contributed by atoms with van der Waals surface area (Å²) in [5.41, 5.74) is 4.85. The number of aromatic nitrogens is 2. The molecule has 0 aliphatic carbocycles. The molecule has 2 aromatic carbocycles. The van der Waals surface area contributed by atoms with Crippen molar-refractivity contribution in [3.63, 3.8) is 0 Å². The molecular weight excluding hydrogens is 388 g/mol. The molecular formula is C26H30N2OS. The highest BCUT2D eigenvalue weighted by atomic mass is 32.1. The van der Waals surface area contributed by atoms with Gasteiger partial charge >= 0.3 is 0 Å². The summed E-state index contributed by atoms with van der Waals surface area (Å²) >= 11 is 1.80. The van der Waals surface area contributed by atoms with E-state index in [0.29, 0.717) is 5.92 Å². The maximum absolute atomic E-state index is 6.18. The Morgan fingerprint density at radius 3 is 2.70 bits per heavy atom. The summed E-state index contributed by atoms with van der Waals surface area (Å²) in [6.07, 6.45) is 2.99. The molecule has 0 N–H and O–H groups in total. The van der Waals surface area contributed by atoms with Crippen LogP contribution in [0.4, 0.5) is 0 Å². The monoisotopic (exact) mass is 418 g/mol. The number of nitrogens with zero attached hydrogens (tertiary/aromatic N) is 2. The summed E-state index contributed by atoms with van der Waals surface area (Å²) in [7, 11) is 0. The van der Waals surface area contributed by atoms with Crippen LogP contribution in [0.2, 0.25) is 0 Å². The van der Waals surface area contributed by atoms with Crippen molar-refractivity contribution in [2.24, 2.45) is 0 Å². The summed E-state index contributed by atoms with van der Waals surface area (Å²) in [6, 6.07) is 19.3. The Morgan fingerprint density at radius 2 is 1.90 bits per heavy atom. The van der Waals surface area contributed by atoms with Gasteiger partial charge in [-0.3, -0.25) is 0 Å². The van der Waals surface area contributed by atoms with E-state index in [0.717, 1.165) is 49.5 Å². The number of fused-ring (bicyclic) bond motifs is 1. The van der Waals surface area contributed by atoms with Crippen LogP contribution in [-0.4, -0.2) is 16.2 Å². The van der Waals surface area contributed by atoms with E-state index in [1.807, 2.05) is 0 Å². The maximum atomic E-state index is 6.18. The maximum Gasteiger partial charge on any atom is 0.122 e. The molecule has 0 saturated heterocycles. The van der Waals surface area contributed by atoms with Gasteiger partial charge in [-0.25, -0.2) is 4.98 Å². The third kappa shape index (κ3) is 4.76. The third-order valence-corrected chi connectivity index (χ3v) is 6.35. The van der Waals surface area contributed by atoms with E-state index in [1.54, 1.807) is 11.3 Å². The highest BCUT2D eigenvalue weighted by Crippen LogP contribution is 2.28. The topological polar surface area (TPSA) is 27.1 Å². The molecule has 0 saturated carbocycles. The number of ether oxygens (including phenoxy) is 1. The van der Waals surface area contributed by atoms with Crippen molar-refractivity contribution >= 4 is 22.4 Å². The summed E-state index contributed by atoms with van der Waals surface area (Å²) in [5, 5.41) is 2.14. The molecule has 3 nitrogen and oxygen atoms in total. The summed E-state index contributed by atoms with van der Waals surface area (Å²) in [5.74, 6) is 2.66. The van der Waals surface area contributed by atoms with Gasteiger partial charge in [0.15, 0.2) is 0 Å². The number of imidazole rings is 1. The van der Waals surface area contributed by atoms with E-state index >= 15 is 0 Å². The molecule has 0 atom stereocenters. The first-order valence-corrected chi connectivity index (χ1v) is 11.7. The van der Waals surface area contributed by atoms with Crippen molar-refractivity contribution in [2.75, 3.05) is 6.61 Å². The van der Waals surface area contributed by atoms with Crippen LogP contribution in [0.3, 0.4) is 0 Å². The summed E-state index contributed by atoms with van der Waals surface area (Å²) in [6.45, 7) is 8.27. The molecule has 0 amide bonds. The fourth-order valence-corrected chi connectivity index (χ4v) is 4.58. The first-order valence-electron chi connectivity index (χ1n) is 10.8. The van der Waals surface area contributed by atoms with Crippen molar-refractivity contribution in [1.29, 1.82) is 0 Å². The van der Waals surface area contributed by atoms with Crippen molar-refractivity contribution in [3.05, 3.63) is 81.8 Å². The quantitative estimate of drug-likeness (QED) is 0.274. The molecule has 0 unspecified atom stereocenters. The van der Waals surface area contributed by atoms with Gasteiger partial charge in [0.1, 0.15) is 11.6 Å². The summed E-state index contributed by atoms with van der Waals surface area (Å²) in [4.78, 5) is 6.27. The van der Waals surface area contributed by atoms with Gasteiger partial charge in [0.2, 0.25) is 0 Å². The van der Waals surface area contributed by atoms with Crippen molar-refractivity contribution in [1.82, 2.24) is 9.55 Å². The molecule has 0 bridgehead atoms. The predicted octanol–water partition coefficient (Wildman–Crippen LogP) is 6.98. The van der Waals surface area contributed by atoms with Gasteiger partial charge in [0.25, 0.3) is 0 Å². The number of thiophene rings is 1. The van der Waals surface area contributed by atoms with E-state index in [9.17, 15) is 0 Å². The van der Waals surface area contributed by atoms with Crippen LogP contribution in [-0.2, 0) is 13.0 Å². The van der Waals surface area contributed by atoms with Crippen molar-refractivity contribution < 1.29 is 4.74 Å². The fraction of sp³-hybridized carbons (Fsp3) is 0.346. The standard InChI is InChI=1S/C26H30N2OS/c1-19(2)22-13-12-20(3)17-25(22)29-15-7-6-14-28-24-11-5-4-10-23(24)27-26(28)18-21-9-8-16-30-21/h4-5,8-13,16-17,19H,6-7,14-15,18H2,1-3H3. The minimum absolute atomic E-state index is 0.470. The van der Waals surface area contributed by atoms with E-state index in [-0.39, 0.29) is 0 Å². The smallest absolute Gasteiger partial charge is 0.122 e. The lowest BCUT2D eigenvalue weighted by Crippen LogP contribution is -2.07. The van der Waals surface area contributed by atoms with Gasteiger partial charge < -0.3 is 9.30 Å². The normalized spacial score (nSPS) is 11.5. The minimum atomic E-state index is 0.470. The Balaban J connectivity index is 1.40. The lowest BCUT2D eigenvalue weighted by Gasteiger charge is -2.15. The number of rotatable bonds is 9. The molecule has 0 aliphatic rings. The van der Waals surface area contributed by atoms with Gasteiger partial charge in [-0.15, -0.1) is 11.3 Å². The minimum Gasteiger partial charge on any atom is -0.493 e. The Labute approximate surface area is 183 Å². The first-order chi connectivity index (χ1) is 14.6. The second-order valence-corrected chi connectivity index (χ2v) is 9.21. The van der Waals surface area contributed by atoms with Gasteiger partial charge in [0, 0.05) is 17.8 Å². The highest BCUT2D eigenvalue weighted by molar-refractivity contribution is 7.09. The second-order valence-electron chi connectivity index (χ2n) is 8.18. The number of unbranched alkanes of at least 4 members (excludes halogenated alkanes) is 1. The highest BCUT2D eigenvalue weighted by Gasteiger charge is 2.12. The third-order valence-electron chi connectivity index (χ3n) is 5.47. The largest absolute Gasteiger partial charge is 0.493 e. The van der Waals surface area contributed by atoms with Gasteiger partial charge in [-0.1, -0.05) is 44.2 Å². The first kappa shape index (κ1) is 20.7. The van der Waals surface area contributed by atoms with Crippen LogP contribution in [0.25, 0.3) is 11.0 Å². The average molecular weight is 419 g/mol. The second kappa shape index (κ2) is 9.48. The number of hydrogen-bond acceptors (Lipinski definition) is 3. The van der Waals surface area contributed by atoms with Crippen LogP contribution < -0.4 is 4.74 Å². The Morgan fingerprint density at radius 1 is 1.03 bits per heavy atom. The van der Waals surface area contributed by atoms with E-state index < -0.39 is 0 Å². The molecule has 0 aliphatic heterocycles. The number of aryl methyl sites for hydroxylation is 2. The van der Waals surface area contributed by atoms with Crippen LogP contribution >= 0.6 is 11.3 Å². The van der Waals surface area contributed by atoms with Crippen LogP contribution in [0.1, 0.15) is 54.4 Å². The van der Waals surface area contributed by atoms with Crippen molar-refractivity contribution in [2.45, 2.75) is 52.5 Å². The molecule has 4 rings (SSSR count). The number of hydrogen-bond donors (Lipinski definition) is 0. The molecule has 2 aromatic heterocycles. The van der Waals surface area contributed by atoms with Gasteiger partial charge in [-0.2, -0.15) is 0 Å². The molecule has 4 heteroatoms. The molecule has 0 spiro atoms. The van der Waals surface area contributed by atoms with E-state index in [1.165, 1.54) is 21.5 Å². The molecule has 0 radical (unpaired) electrons. The Bertz CT molecular complexity index is 1100. The zero-order chi connectivity index (χ0) is 20.9. The van der Waals surface area contributed by atoms with E-state index in [4.69, 9.17) is 9.72 Å². The lowest BCUT2D eigenvalue weighted by molar-refractivity contribution is 0.299. The van der Waals surface area contributed by atoms with Crippen molar-refractivity contribution in [3.8, 4) is 5.75 Å². The lowest BCUT2D eigenvalue weighted by atomic mass is 10.0. The van der Waals surface area contributed by atoms with Gasteiger partial charge in [-0.05, 0) is 66.5 Å². The molecule has 30 heavy (non-hydrogen) atoms. The predicted molar refractivity (Wildman–Crippen MR) is 127 cm³/mol. The van der Waals surface area contributed by atoms with Crippen LogP contribution in [0.15, 0.2) is 60.0 Å². The van der Waals surface area contributed by atoms with Crippen LogP contribution in [0.5, 0.6) is 5.75 Å². The molecule has 0 fully saturated rings. The SMILES string of the molecule is Cc1ccc(C(C)C)c(OCCCCn2c(Cc3cccs3)nc3ccccc32)c1. The fourth-order valence-electron chi connectivity index (χ4n) is 3.88. The zero-order valence-corrected chi connectivity index (χ0v) is 18.9. The molecule has 2 heterocycles. The molecule has 156 valence electrons. The molecule has 4 aromatic rings. The Hall–Kier alpha value is -2.59.